The highest BCUT2D eigenvalue weighted by molar-refractivity contribution is 5.48. The van der Waals surface area contributed by atoms with E-state index in [2.05, 4.69) is 11.4 Å². The Bertz CT molecular complexity index is 612. The maximum atomic E-state index is 13.2. The third kappa shape index (κ3) is 3.11. The zero-order valence-electron chi connectivity index (χ0n) is 10.9. The molecule has 0 aliphatic heterocycles. The van der Waals surface area contributed by atoms with Gasteiger partial charge in [-0.1, -0.05) is 29.8 Å². The van der Waals surface area contributed by atoms with Gasteiger partial charge in [-0.15, -0.1) is 0 Å². The van der Waals surface area contributed by atoms with Crippen LogP contribution in [0, 0.1) is 31.0 Å². The first-order valence-electron chi connectivity index (χ1n) is 6.09. The molecule has 0 heterocycles. The summed E-state index contributed by atoms with van der Waals surface area (Å²) in [5, 5.41) is 12.4. The summed E-state index contributed by atoms with van der Waals surface area (Å²) in [5.41, 5.74) is 3.35. The number of nitrogens with one attached hydrogen (secondary N) is 1. The van der Waals surface area contributed by atoms with Crippen molar-refractivity contribution in [2.45, 2.75) is 19.9 Å². The summed E-state index contributed by atoms with van der Waals surface area (Å²) in [5.74, 6) is -0.254. The Morgan fingerprint density at radius 1 is 1.11 bits per heavy atom. The summed E-state index contributed by atoms with van der Waals surface area (Å²) >= 11 is 0. The molecule has 0 radical (unpaired) electrons. The standard InChI is InChI=1S/C16H15FN2/c1-11-3-6-14(7-4-11)19-16(10-18)13-5-8-15(17)12(2)9-13/h3-9,16,19H,1-2H3. The molecule has 0 saturated carbocycles. The van der Waals surface area contributed by atoms with Gasteiger partial charge in [0.1, 0.15) is 11.9 Å². The zero-order chi connectivity index (χ0) is 13.8. The van der Waals surface area contributed by atoms with Crippen LogP contribution in [0.4, 0.5) is 10.1 Å². The summed E-state index contributed by atoms with van der Waals surface area (Å²) in [7, 11) is 0. The molecule has 0 spiro atoms. The van der Waals surface area contributed by atoms with E-state index in [1.165, 1.54) is 6.07 Å². The van der Waals surface area contributed by atoms with Crippen molar-refractivity contribution in [3.63, 3.8) is 0 Å². The number of nitrogens with zero attached hydrogens (tertiary/aromatic N) is 1. The number of aryl methyl sites for hydroxylation is 2. The highest BCUT2D eigenvalue weighted by Gasteiger charge is 2.11. The SMILES string of the molecule is Cc1ccc(NC(C#N)c2ccc(F)c(C)c2)cc1. The summed E-state index contributed by atoms with van der Waals surface area (Å²) < 4.78 is 13.2. The van der Waals surface area contributed by atoms with Crippen LogP contribution in [-0.4, -0.2) is 0 Å². The highest BCUT2D eigenvalue weighted by atomic mass is 19.1. The van der Waals surface area contributed by atoms with Gasteiger partial charge in [0.2, 0.25) is 0 Å². The van der Waals surface area contributed by atoms with Crippen LogP contribution in [0.5, 0.6) is 0 Å². The first kappa shape index (κ1) is 13.1. The first-order valence-corrected chi connectivity index (χ1v) is 6.09. The molecule has 2 nitrogen and oxygen atoms in total. The van der Waals surface area contributed by atoms with Gasteiger partial charge >= 0.3 is 0 Å². The molecular weight excluding hydrogens is 239 g/mol. The van der Waals surface area contributed by atoms with Gasteiger partial charge < -0.3 is 5.32 Å². The minimum Gasteiger partial charge on any atom is -0.366 e. The zero-order valence-corrected chi connectivity index (χ0v) is 10.9. The lowest BCUT2D eigenvalue weighted by atomic mass is 10.0. The third-order valence-corrected chi connectivity index (χ3v) is 3.01. The average molecular weight is 254 g/mol. The molecule has 0 fully saturated rings. The predicted molar refractivity (Wildman–Crippen MR) is 74.3 cm³/mol. The van der Waals surface area contributed by atoms with Crippen molar-refractivity contribution in [2.24, 2.45) is 0 Å². The third-order valence-electron chi connectivity index (χ3n) is 3.01. The molecular formula is C16H15FN2. The summed E-state index contributed by atoms with van der Waals surface area (Å²) in [6, 6.07) is 14.3. The normalized spacial score (nSPS) is 11.7. The molecule has 19 heavy (non-hydrogen) atoms. The number of benzene rings is 2. The van der Waals surface area contributed by atoms with Gasteiger partial charge in [-0.05, 0) is 43.2 Å². The summed E-state index contributed by atoms with van der Waals surface area (Å²) in [4.78, 5) is 0. The maximum absolute atomic E-state index is 13.2. The van der Waals surface area contributed by atoms with Gasteiger partial charge in [0, 0.05) is 5.69 Å². The van der Waals surface area contributed by atoms with Gasteiger partial charge in [0.05, 0.1) is 6.07 Å². The lowest BCUT2D eigenvalue weighted by Crippen LogP contribution is -2.08. The molecule has 2 aromatic rings. The smallest absolute Gasteiger partial charge is 0.140 e. The maximum Gasteiger partial charge on any atom is 0.140 e. The van der Waals surface area contributed by atoms with E-state index in [4.69, 9.17) is 0 Å². The molecule has 96 valence electrons. The second kappa shape index (κ2) is 5.53. The average Bonchev–Trinajstić information content (AvgIpc) is 2.41. The molecule has 1 atom stereocenters. The number of nitriles is 1. The van der Waals surface area contributed by atoms with E-state index >= 15 is 0 Å². The molecule has 0 saturated heterocycles. The van der Waals surface area contributed by atoms with Crippen LogP contribution in [0.2, 0.25) is 0 Å². The van der Waals surface area contributed by atoms with Crippen molar-refractivity contribution >= 4 is 5.69 Å². The second-order valence-corrected chi connectivity index (χ2v) is 4.58. The molecule has 0 bridgehead atoms. The van der Waals surface area contributed by atoms with E-state index in [1.54, 1.807) is 19.1 Å². The number of hydrogen-bond acceptors (Lipinski definition) is 2. The monoisotopic (exact) mass is 254 g/mol. The van der Waals surface area contributed by atoms with Crippen LogP contribution in [-0.2, 0) is 0 Å². The summed E-state index contributed by atoms with van der Waals surface area (Å²) in [6.07, 6.45) is 0. The van der Waals surface area contributed by atoms with Gasteiger partial charge in [-0.3, -0.25) is 0 Å². The molecule has 0 aromatic heterocycles. The van der Waals surface area contributed by atoms with Crippen molar-refractivity contribution < 1.29 is 4.39 Å². The van der Waals surface area contributed by atoms with E-state index in [-0.39, 0.29) is 5.82 Å². The van der Waals surface area contributed by atoms with Gasteiger partial charge in [-0.25, -0.2) is 4.39 Å². The quantitative estimate of drug-likeness (QED) is 0.894. The van der Waals surface area contributed by atoms with E-state index < -0.39 is 6.04 Å². The largest absolute Gasteiger partial charge is 0.366 e. The second-order valence-electron chi connectivity index (χ2n) is 4.58. The molecule has 0 aliphatic rings. The molecule has 1 unspecified atom stereocenters. The Kier molecular flexibility index (Phi) is 3.82. The molecule has 0 aliphatic carbocycles. The minimum absolute atomic E-state index is 0.254. The molecule has 1 N–H and O–H groups in total. The lowest BCUT2D eigenvalue weighted by molar-refractivity contribution is 0.617. The number of hydrogen-bond donors (Lipinski definition) is 1. The topological polar surface area (TPSA) is 35.8 Å². The minimum atomic E-state index is -0.484. The highest BCUT2D eigenvalue weighted by Crippen LogP contribution is 2.21. The van der Waals surface area contributed by atoms with E-state index in [0.717, 1.165) is 16.8 Å². The van der Waals surface area contributed by atoms with Gasteiger partial charge in [0.15, 0.2) is 0 Å². The van der Waals surface area contributed by atoms with Crippen molar-refractivity contribution in [1.29, 1.82) is 5.26 Å². The number of halogens is 1. The van der Waals surface area contributed by atoms with Crippen molar-refractivity contribution in [1.82, 2.24) is 0 Å². The van der Waals surface area contributed by atoms with Crippen LogP contribution in [0.15, 0.2) is 42.5 Å². The van der Waals surface area contributed by atoms with Crippen LogP contribution >= 0.6 is 0 Å². The predicted octanol–water partition coefficient (Wildman–Crippen LogP) is 4.12. The fourth-order valence-electron chi connectivity index (χ4n) is 1.85. The van der Waals surface area contributed by atoms with Gasteiger partial charge in [-0.2, -0.15) is 5.26 Å². The molecule has 2 aromatic carbocycles. The molecule has 3 heteroatoms. The Hall–Kier alpha value is -2.34. The van der Waals surface area contributed by atoms with Crippen molar-refractivity contribution in [3.8, 4) is 6.07 Å². The first-order chi connectivity index (χ1) is 9.10. The Morgan fingerprint density at radius 2 is 1.79 bits per heavy atom. The van der Waals surface area contributed by atoms with Crippen molar-refractivity contribution in [3.05, 3.63) is 65.0 Å². The van der Waals surface area contributed by atoms with E-state index in [0.29, 0.717) is 5.56 Å². The Balaban J connectivity index is 2.23. The Morgan fingerprint density at radius 3 is 2.37 bits per heavy atom. The molecule has 0 amide bonds. The lowest BCUT2D eigenvalue weighted by Gasteiger charge is -2.14. The van der Waals surface area contributed by atoms with Crippen LogP contribution < -0.4 is 5.32 Å². The number of anilines is 1. The Labute approximate surface area is 112 Å². The van der Waals surface area contributed by atoms with Crippen LogP contribution in [0.1, 0.15) is 22.7 Å². The van der Waals surface area contributed by atoms with E-state index in [9.17, 15) is 9.65 Å². The van der Waals surface area contributed by atoms with E-state index in [1.807, 2.05) is 31.2 Å². The van der Waals surface area contributed by atoms with Crippen LogP contribution in [0.25, 0.3) is 0 Å². The molecule has 2 rings (SSSR count). The number of rotatable bonds is 3. The fourth-order valence-corrected chi connectivity index (χ4v) is 1.85. The van der Waals surface area contributed by atoms with Crippen LogP contribution in [0.3, 0.4) is 0 Å². The van der Waals surface area contributed by atoms with Crippen molar-refractivity contribution in [2.75, 3.05) is 5.32 Å². The van der Waals surface area contributed by atoms with Gasteiger partial charge in [0.25, 0.3) is 0 Å². The summed E-state index contributed by atoms with van der Waals surface area (Å²) in [6.45, 7) is 3.70. The fraction of sp³-hybridized carbons (Fsp3) is 0.188.